The van der Waals surface area contributed by atoms with Crippen molar-refractivity contribution in [2.24, 2.45) is 5.16 Å². The molecule has 2 aliphatic rings. The van der Waals surface area contributed by atoms with Gasteiger partial charge in [0.15, 0.2) is 0 Å². The molecule has 4 rings (SSSR count). The van der Waals surface area contributed by atoms with Crippen LogP contribution in [0.2, 0.25) is 10.0 Å². The van der Waals surface area contributed by atoms with E-state index in [0.29, 0.717) is 11.1 Å². The van der Waals surface area contributed by atoms with Crippen LogP contribution in [0.1, 0.15) is 52.2 Å². The summed E-state index contributed by atoms with van der Waals surface area (Å²) in [7, 11) is 0. The van der Waals surface area contributed by atoms with Gasteiger partial charge in [-0.2, -0.15) is 13.2 Å². The van der Waals surface area contributed by atoms with E-state index in [2.05, 4.69) is 5.16 Å². The van der Waals surface area contributed by atoms with Crippen LogP contribution < -0.4 is 0 Å². The molecule has 0 radical (unpaired) electrons. The largest absolute Gasteiger partial charge is 0.478 e. The lowest BCUT2D eigenvalue weighted by molar-refractivity contribution is -0.275. The molecule has 1 fully saturated rings. The molecule has 1 aliphatic heterocycles. The van der Waals surface area contributed by atoms with Gasteiger partial charge in [0.25, 0.3) is 5.60 Å². The van der Waals surface area contributed by atoms with Gasteiger partial charge in [0.2, 0.25) is 0 Å². The van der Waals surface area contributed by atoms with E-state index in [0.717, 1.165) is 25.0 Å². The third-order valence-corrected chi connectivity index (χ3v) is 5.58. The van der Waals surface area contributed by atoms with Crippen molar-refractivity contribution in [1.29, 1.82) is 0 Å². The predicted octanol–water partition coefficient (Wildman–Crippen LogP) is 6.15. The Kier molecular flexibility index (Phi) is 4.78. The minimum absolute atomic E-state index is 0.0509. The first-order valence-corrected chi connectivity index (χ1v) is 9.52. The van der Waals surface area contributed by atoms with Gasteiger partial charge in [0, 0.05) is 22.0 Å². The van der Waals surface area contributed by atoms with Crippen molar-refractivity contribution in [3.05, 3.63) is 68.7 Å². The molecule has 1 unspecified atom stereocenters. The summed E-state index contributed by atoms with van der Waals surface area (Å²) in [6.45, 7) is 0. The van der Waals surface area contributed by atoms with E-state index in [9.17, 15) is 23.1 Å². The smallest absolute Gasteiger partial charge is 0.435 e. The summed E-state index contributed by atoms with van der Waals surface area (Å²) in [5.41, 5.74) is -1.73. The molecule has 1 heterocycles. The van der Waals surface area contributed by atoms with Crippen LogP contribution in [0.5, 0.6) is 0 Å². The van der Waals surface area contributed by atoms with Crippen molar-refractivity contribution in [3.8, 4) is 0 Å². The Morgan fingerprint density at radius 3 is 2.34 bits per heavy atom. The van der Waals surface area contributed by atoms with Gasteiger partial charge in [0.1, 0.15) is 0 Å². The van der Waals surface area contributed by atoms with Crippen LogP contribution in [0, 0.1) is 0 Å². The molecule has 152 valence electrons. The number of alkyl halides is 3. The lowest BCUT2D eigenvalue weighted by atomic mass is 9.86. The summed E-state index contributed by atoms with van der Waals surface area (Å²) in [5, 5.41) is 13.2. The molecule has 1 atom stereocenters. The van der Waals surface area contributed by atoms with E-state index >= 15 is 0 Å². The molecule has 1 N–H and O–H groups in total. The van der Waals surface area contributed by atoms with Crippen LogP contribution in [0.25, 0.3) is 0 Å². The average Bonchev–Trinajstić information content (AvgIpc) is 3.36. The molecular weight excluding hydrogens is 430 g/mol. The maximum Gasteiger partial charge on any atom is 0.435 e. The number of carbonyl (C=O) groups is 1. The van der Waals surface area contributed by atoms with Gasteiger partial charge in [-0.15, -0.1) is 0 Å². The molecule has 2 aromatic carbocycles. The van der Waals surface area contributed by atoms with Crippen LogP contribution >= 0.6 is 23.2 Å². The number of carboxylic acid groups (broad SMARTS) is 1. The number of aromatic carboxylic acids is 1. The number of rotatable bonds is 4. The fourth-order valence-corrected chi connectivity index (χ4v) is 4.04. The van der Waals surface area contributed by atoms with Crippen molar-refractivity contribution in [2.45, 2.75) is 37.0 Å². The minimum Gasteiger partial charge on any atom is -0.478 e. The van der Waals surface area contributed by atoms with Crippen molar-refractivity contribution in [1.82, 2.24) is 0 Å². The molecular formula is C20H14Cl2F3NO3. The number of carboxylic acids is 1. The van der Waals surface area contributed by atoms with E-state index in [1.165, 1.54) is 18.2 Å². The second-order valence-corrected chi connectivity index (χ2v) is 8.04. The summed E-state index contributed by atoms with van der Waals surface area (Å²) in [6, 6.07) is 8.10. The van der Waals surface area contributed by atoms with Crippen molar-refractivity contribution < 1.29 is 27.9 Å². The van der Waals surface area contributed by atoms with Crippen LogP contribution in [0.4, 0.5) is 13.2 Å². The van der Waals surface area contributed by atoms with Crippen LogP contribution in [-0.2, 0) is 10.4 Å². The molecule has 0 aromatic heterocycles. The quantitative estimate of drug-likeness (QED) is 0.616. The lowest BCUT2D eigenvalue weighted by Crippen LogP contribution is -2.42. The zero-order chi connectivity index (χ0) is 21.0. The Bertz CT molecular complexity index is 1010. The van der Waals surface area contributed by atoms with Crippen molar-refractivity contribution in [2.75, 3.05) is 0 Å². The Hall–Kier alpha value is -2.25. The number of oxime groups is 1. The molecule has 0 saturated heterocycles. The van der Waals surface area contributed by atoms with Crippen LogP contribution in [0.15, 0.2) is 41.6 Å². The van der Waals surface area contributed by atoms with Gasteiger partial charge in [0.05, 0.1) is 11.3 Å². The number of halogens is 5. The average molecular weight is 444 g/mol. The van der Waals surface area contributed by atoms with Gasteiger partial charge < -0.3 is 9.94 Å². The van der Waals surface area contributed by atoms with E-state index in [1.807, 2.05) is 0 Å². The Labute approximate surface area is 173 Å². The maximum absolute atomic E-state index is 14.1. The highest BCUT2D eigenvalue weighted by Gasteiger charge is 2.62. The first-order chi connectivity index (χ1) is 13.6. The van der Waals surface area contributed by atoms with Crippen LogP contribution in [-0.4, -0.2) is 23.0 Å². The molecule has 29 heavy (non-hydrogen) atoms. The zero-order valence-electron chi connectivity index (χ0n) is 14.8. The summed E-state index contributed by atoms with van der Waals surface area (Å²) < 4.78 is 42.2. The van der Waals surface area contributed by atoms with E-state index in [4.69, 9.17) is 28.0 Å². The van der Waals surface area contributed by atoms with E-state index in [1.54, 1.807) is 6.07 Å². The highest BCUT2D eigenvalue weighted by atomic mass is 35.5. The topological polar surface area (TPSA) is 58.9 Å². The van der Waals surface area contributed by atoms with Gasteiger partial charge in [-0.05, 0) is 60.2 Å². The molecule has 1 aliphatic carbocycles. The highest BCUT2D eigenvalue weighted by Crippen LogP contribution is 2.50. The minimum atomic E-state index is -4.79. The number of hydrogen-bond acceptors (Lipinski definition) is 3. The highest BCUT2D eigenvalue weighted by molar-refractivity contribution is 6.34. The molecule has 0 bridgehead atoms. The Morgan fingerprint density at radius 2 is 1.79 bits per heavy atom. The second kappa shape index (κ2) is 6.92. The third kappa shape index (κ3) is 3.57. The fraction of sp³-hybridized carbons (Fsp3) is 0.300. The Morgan fingerprint density at radius 1 is 1.14 bits per heavy atom. The summed E-state index contributed by atoms with van der Waals surface area (Å²) in [5.74, 6) is -0.968. The van der Waals surface area contributed by atoms with E-state index in [-0.39, 0.29) is 32.8 Å². The van der Waals surface area contributed by atoms with Crippen molar-refractivity contribution in [3.63, 3.8) is 0 Å². The summed E-state index contributed by atoms with van der Waals surface area (Å²) >= 11 is 11.8. The molecule has 0 spiro atoms. The van der Waals surface area contributed by atoms with Crippen molar-refractivity contribution >= 4 is 34.9 Å². The molecule has 4 nitrogen and oxygen atoms in total. The standard InChI is InChI=1S/C20H14Cl2F3NO3/c21-13-6-12(7-14(22)8-13)19(20(23,24)25)9-17(26-29-19)11-3-4-15(18(27)28)16(5-11)10-1-2-10/h3-8,10H,1-2,9H2,(H,27,28). The molecule has 0 amide bonds. The first-order valence-electron chi connectivity index (χ1n) is 8.77. The summed E-state index contributed by atoms with van der Waals surface area (Å²) in [4.78, 5) is 16.4. The summed E-state index contributed by atoms with van der Waals surface area (Å²) in [6.07, 6.45) is -3.67. The van der Waals surface area contributed by atoms with Gasteiger partial charge >= 0.3 is 12.1 Å². The third-order valence-electron chi connectivity index (χ3n) is 5.15. The van der Waals surface area contributed by atoms with Gasteiger partial charge in [-0.1, -0.05) is 34.4 Å². The SMILES string of the molecule is O=C(O)c1ccc(C2=NOC(c3cc(Cl)cc(Cl)c3)(C(F)(F)F)C2)cc1C1CC1. The maximum atomic E-state index is 14.1. The second-order valence-electron chi connectivity index (χ2n) is 7.17. The monoisotopic (exact) mass is 443 g/mol. The molecule has 2 aromatic rings. The van der Waals surface area contributed by atoms with Gasteiger partial charge in [-0.25, -0.2) is 4.79 Å². The normalized spacial score (nSPS) is 21.6. The zero-order valence-corrected chi connectivity index (χ0v) is 16.3. The predicted molar refractivity (Wildman–Crippen MR) is 102 cm³/mol. The number of benzene rings is 2. The number of hydrogen-bond donors (Lipinski definition) is 1. The number of nitrogens with zero attached hydrogens (tertiary/aromatic N) is 1. The van der Waals surface area contributed by atoms with Gasteiger partial charge in [-0.3, -0.25) is 0 Å². The van der Waals surface area contributed by atoms with Crippen LogP contribution in [0.3, 0.4) is 0 Å². The molecule has 9 heteroatoms. The van der Waals surface area contributed by atoms with E-state index < -0.39 is 24.2 Å². The molecule has 1 saturated carbocycles. The first kappa shape index (κ1) is 20.0. The fourth-order valence-electron chi connectivity index (χ4n) is 3.51. The lowest BCUT2D eigenvalue weighted by Gasteiger charge is -2.29. The Balaban J connectivity index is 1.74.